The molecule has 0 aromatic carbocycles. The monoisotopic (exact) mass is 405 g/mol. The molecular weight excluding hydrogens is 387 g/mol. The number of carbonyl (C=O) groups is 1. The van der Waals surface area contributed by atoms with Gasteiger partial charge in [0.2, 0.25) is 11.8 Å². The summed E-state index contributed by atoms with van der Waals surface area (Å²) >= 11 is 0. The highest BCUT2D eigenvalue weighted by Crippen LogP contribution is 2.32. The van der Waals surface area contributed by atoms with Gasteiger partial charge in [0, 0.05) is 24.9 Å². The molecule has 4 rings (SSSR count). The van der Waals surface area contributed by atoms with E-state index < -0.39 is 12.8 Å². The Morgan fingerprint density at radius 2 is 2.10 bits per heavy atom. The normalized spacial score (nSPS) is 14.2. The molecule has 152 valence electrons. The summed E-state index contributed by atoms with van der Waals surface area (Å²) in [5, 5.41) is 7.94. The summed E-state index contributed by atoms with van der Waals surface area (Å²) < 4.78 is 43.2. The number of nitrogens with one attached hydrogen (secondary N) is 1. The summed E-state index contributed by atoms with van der Waals surface area (Å²) in [5.41, 5.74) is 1.14. The van der Waals surface area contributed by atoms with Crippen LogP contribution in [0, 0.1) is 5.92 Å². The first-order valence-corrected chi connectivity index (χ1v) is 9.13. The fourth-order valence-corrected chi connectivity index (χ4v) is 2.89. The van der Waals surface area contributed by atoms with E-state index >= 15 is 0 Å². The Morgan fingerprint density at radius 1 is 1.28 bits per heavy atom. The average Bonchev–Trinajstić information content (AvgIpc) is 3.36. The van der Waals surface area contributed by atoms with Gasteiger partial charge in [-0.05, 0) is 30.9 Å². The van der Waals surface area contributed by atoms with E-state index in [-0.39, 0.29) is 18.3 Å². The zero-order chi connectivity index (χ0) is 20.4. The van der Waals surface area contributed by atoms with Crippen LogP contribution in [0.3, 0.4) is 0 Å². The van der Waals surface area contributed by atoms with Crippen LogP contribution in [0.25, 0.3) is 10.9 Å². The van der Waals surface area contributed by atoms with Gasteiger partial charge in [0.1, 0.15) is 5.82 Å². The maximum absolute atomic E-state index is 12.3. The van der Waals surface area contributed by atoms with Crippen LogP contribution in [0.5, 0.6) is 5.88 Å². The van der Waals surface area contributed by atoms with Crippen LogP contribution in [0.4, 0.5) is 19.0 Å². The van der Waals surface area contributed by atoms with E-state index in [2.05, 4.69) is 25.1 Å². The molecule has 1 N–H and O–H groups in total. The number of rotatable bonds is 7. The average molecular weight is 405 g/mol. The van der Waals surface area contributed by atoms with E-state index in [1.165, 1.54) is 6.07 Å². The minimum absolute atomic E-state index is 0.0727. The standard InChI is InChI=1S/C19H18F3N5O2/c20-19(21,22)11-29-17-3-1-2-13(24-17)9-27-10-14-15(26-27)6-7-23-18(14)25-16(28)8-12-4-5-12/h1-3,6-7,10,12H,4-5,8-9,11H2,(H,23,25,28). The van der Waals surface area contributed by atoms with Crippen LogP contribution in [0.1, 0.15) is 25.0 Å². The number of hydrogen-bond donors (Lipinski definition) is 1. The minimum atomic E-state index is -4.43. The zero-order valence-electron chi connectivity index (χ0n) is 15.3. The predicted octanol–water partition coefficient (Wildman–Crippen LogP) is 3.55. The molecule has 1 aliphatic rings. The Bertz CT molecular complexity index is 1030. The molecule has 0 atom stereocenters. The van der Waals surface area contributed by atoms with Gasteiger partial charge in [0.15, 0.2) is 6.61 Å². The van der Waals surface area contributed by atoms with Crippen LogP contribution in [0.15, 0.2) is 36.7 Å². The molecule has 0 unspecified atom stereocenters. The smallest absolute Gasteiger partial charge is 0.422 e. The molecule has 0 bridgehead atoms. The maximum Gasteiger partial charge on any atom is 0.422 e. The van der Waals surface area contributed by atoms with Crippen molar-refractivity contribution in [3.05, 3.63) is 42.4 Å². The number of carbonyl (C=O) groups excluding carboxylic acids is 1. The summed E-state index contributed by atoms with van der Waals surface area (Å²) in [5.74, 6) is 0.729. The van der Waals surface area contributed by atoms with Crippen LogP contribution >= 0.6 is 0 Å². The van der Waals surface area contributed by atoms with Crippen LogP contribution in [0.2, 0.25) is 0 Å². The van der Waals surface area contributed by atoms with Gasteiger partial charge in [-0.1, -0.05) is 6.07 Å². The zero-order valence-corrected chi connectivity index (χ0v) is 15.3. The number of fused-ring (bicyclic) bond motifs is 1. The molecule has 3 aromatic heterocycles. The van der Waals surface area contributed by atoms with Gasteiger partial charge >= 0.3 is 6.18 Å². The van der Waals surface area contributed by atoms with Crippen molar-refractivity contribution in [3.63, 3.8) is 0 Å². The third-order valence-corrected chi connectivity index (χ3v) is 4.40. The number of alkyl halides is 3. The minimum Gasteiger partial charge on any atom is -0.468 e. The van der Waals surface area contributed by atoms with Crippen molar-refractivity contribution in [2.24, 2.45) is 5.92 Å². The summed E-state index contributed by atoms with van der Waals surface area (Å²) in [6.45, 7) is -1.17. The van der Waals surface area contributed by atoms with E-state index in [0.29, 0.717) is 34.8 Å². The highest BCUT2D eigenvalue weighted by molar-refractivity contribution is 5.99. The lowest BCUT2D eigenvalue weighted by molar-refractivity contribution is -0.154. The number of aromatic nitrogens is 4. The van der Waals surface area contributed by atoms with Gasteiger partial charge in [-0.25, -0.2) is 9.97 Å². The second-order valence-corrected chi connectivity index (χ2v) is 6.99. The first-order valence-electron chi connectivity index (χ1n) is 9.13. The van der Waals surface area contributed by atoms with Crippen molar-refractivity contribution >= 4 is 22.6 Å². The van der Waals surface area contributed by atoms with Crippen LogP contribution in [-0.2, 0) is 11.3 Å². The molecule has 0 spiro atoms. The van der Waals surface area contributed by atoms with Crippen LogP contribution < -0.4 is 10.1 Å². The van der Waals surface area contributed by atoms with Gasteiger partial charge in [-0.15, -0.1) is 0 Å². The van der Waals surface area contributed by atoms with Crippen molar-refractivity contribution in [2.75, 3.05) is 11.9 Å². The number of hydrogen-bond acceptors (Lipinski definition) is 5. The van der Waals surface area contributed by atoms with Crippen molar-refractivity contribution in [3.8, 4) is 5.88 Å². The molecule has 3 aromatic rings. The fourth-order valence-electron chi connectivity index (χ4n) is 2.89. The Kier molecular flexibility index (Phi) is 5.08. The highest BCUT2D eigenvalue weighted by Gasteiger charge is 2.28. The quantitative estimate of drug-likeness (QED) is 0.650. The van der Waals surface area contributed by atoms with Crippen molar-refractivity contribution in [2.45, 2.75) is 32.0 Å². The number of nitrogens with zero attached hydrogens (tertiary/aromatic N) is 4. The lowest BCUT2D eigenvalue weighted by Gasteiger charge is -2.09. The highest BCUT2D eigenvalue weighted by atomic mass is 19.4. The van der Waals surface area contributed by atoms with Gasteiger partial charge < -0.3 is 10.1 Å². The molecule has 0 aliphatic heterocycles. The lowest BCUT2D eigenvalue weighted by atomic mass is 10.2. The summed E-state index contributed by atoms with van der Waals surface area (Å²) in [4.78, 5) is 20.4. The van der Waals surface area contributed by atoms with E-state index in [4.69, 9.17) is 0 Å². The molecule has 0 radical (unpaired) electrons. The van der Waals surface area contributed by atoms with Crippen LogP contribution in [-0.4, -0.2) is 38.4 Å². The number of anilines is 1. The van der Waals surface area contributed by atoms with E-state index in [1.807, 2.05) is 0 Å². The number of pyridine rings is 2. The number of ether oxygens (including phenoxy) is 1. The topological polar surface area (TPSA) is 81.9 Å². The third-order valence-electron chi connectivity index (χ3n) is 4.40. The Balaban J connectivity index is 1.48. The molecule has 29 heavy (non-hydrogen) atoms. The molecule has 3 heterocycles. The summed E-state index contributed by atoms with van der Waals surface area (Å²) in [7, 11) is 0. The third kappa shape index (κ3) is 5.21. The van der Waals surface area contributed by atoms with Gasteiger partial charge in [-0.3, -0.25) is 9.48 Å². The van der Waals surface area contributed by atoms with Crippen molar-refractivity contribution < 1.29 is 22.7 Å². The van der Waals surface area contributed by atoms with E-state index in [1.54, 1.807) is 35.3 Å². The fraction of sp³-hybridized carbons (Fsp3) is 0.368. The Morgan fingerprint density at radius 3 is 2.86 bits per heavy atom. The lowest BCUT2D eigenvalue weighted by Crippen LogP contribution is -2.19. The predicted molar refractivity (Wildman–Crippen MR) is 98.4 cm³/mol. The summed E-state index contributed by atoms with van der Waals surface area (Å²) in [6.07, 6.45) is 1.52. The Labute approximate surface area is 163 Å². The second-order valence-electron chi connectivity index (χ2n) is 6.99. The largest absolute Gasteiger partial charge is 0.468 e. The van der Waals surface area contributed by atoms with Crippen molar-refractivity contribution in [1.29, 1.82) is 0 Å². The molecular formula is C19H18F3N5O2. The van der Waals surface area contributed by atoms with Gasteiger partial charge in [0.05, 0.1) is 23.1 Å². The van der Waals surface area contributed by atoms with Crippen molar-refractivity contribution in [1.82, 2.24) is 19.7 Å². The van der Waals surface area contributed by atoms with Gasteiger partial charge in [0.25, 0.3) is 0 Å². The van der Waals surface area contributed by atoms with E-state index in [9.17, 15) is 18.0 Å². The molecule has 1 fully saturated rings. The summed E-state index contributed by atoms with van der Waals surface area (Å²) in [6, 6.07) is 6.33. The first kappa shape index (κ1) is 19.2. The SMILES string of the molecule is O=C(CC1CC1)Nc1nccc2nn(Cc3cccc(OCC(F)(F)F)n3)cc12. The Hall–Kier alpha value is -3.17. The molecule has 7 nitrogen and oxygen atoms in total. The first-order chi connectivity index (χ1) is 13.9. The molecule has 1 amide bonds. The van der Waals surface area contributed by atoms with Gasteiger partial charge in [-0.2, -0.15) is 18.3 Å². The maximum atomic E-state index is 12.3. The second kappa shape index (κ2) is 7.69. The molecule has 1 aliphatic carbocycles. The number of amides is 1. The van der Waals surface area contributed by atoms with E-state index in [0.717, 1.165) is 12.8 Å². The molecule has 1 saturated carbocycles. The molecule has 10 heteroatoms. The molecule has 0 saturated heterocycles. The number of halogens is 3.